The number of hydrogen-bond donors (Lipinski definition) is 1. The normalized spacial score (nSPS) is 25.2. The average molecular weight is 396 g/mol. The molecule has 1 N–H and O–H groups in total. The summed E-state index contributed by atoms with van der Waals surface area (Å²) < 4.78 is 5.51. The Morgan fingerprint density at radius 1 is 1.21 bits per heavy atom. The molecule has 2 aliphatic heterocycles. The van der Waals surface area contributed by atoms with Gasteiger partial charge in [-0.1, -0.05) is 30.3 Å². The summed E-state index contributed by atoms with van der Waals surface area (Å²) in [6.07, 6.45) is 4.59. The van der Waals surface area contributed by atoms with Crippen molar-refractivity contribution in [3.8, 4) is 0 Å². The van der Waals surface area contributed by atoms with Crippen LogP contribution in [0.1, 0.15) is 43.0 Å². The Bertz CT molecular complexity index is 836. The van der Waals surface area contributed by atoms with Gasteiger partial charge in [-0.15, -0.1) is 0 Å². The van der Waals surface area contributed by atoms with Crippen LogP contribution in [0.3, 0.4) is 0 Å². The molecule has 0 saturated carbocycles. The molecule has 3 heterocycles. The maximum Gasteiger partial charge on any atom is 0.223 e. The van der Waals surface area contributed by atoms with Gasteiger partial charge in [0.05, 0.1) is 12.3 Å². The molecule has 4 rings (SSSR count). The molecule has 154 valence electrons. The highest BCUT2D eigenvalue weighted by Crippen LogP contribution is 2.31. The summed E-state index contributed by atoms with van der Waals surface area (Å²) in [4.78, 5) is 29.5. The van der Waals surface area contributed by atoms with Gasteiger partial charge in [0, 0.05) is 44.4 Å². The van der Waals surface area contributed by atoms with Crippen molar-refractivity contribution >= 4 is 11.8 Å². The molecule has 6 nitrogen and oxygen atoms in total. The van der Waals surface area contributed by atoms with Crippen molar-refractivity contribution < 1.29 is 14.0 Å². The second-order valence-corrected chi connectivity index (χ2v) is 8.36. The third kappa shape index (κ3) is 4.53. The highest BCUT2D eigenvalue weighted by Gasteiger charge is 2.39. The predicted molar refractivity (Wildman–Crippen MR) is 110 cm³/mol. The number of piperazine rings is 1. The van der Waals surface area contributed by atoms with Crippen molar-refractivity contribution in [1.82, 2.24) is 15.1 Å². The first-order valence-corrected chi connectivity index (χ1v) is 10.4. The number of furan rings is 1. The second-order valence-electron chi connectivity index (χ2n) is 8.36. The van der Waals surface area contributed by atoms with E-state index in [-0.39, 0.29) is 23.4 Å². The molecule has 2 aliphatic rings. The summed E-state index contributed by atoms with van der Waals surface area (Å²) in [7, 11) is 2.10. The molecule has 1 unspecified atom stereocenters. The van der Waals surface area contributed by atoms with E-state index in [2.05, 4.69) is 29.4 Å². The van der Waals surface area contributed by atoms with E-state index in [0.717, 1.165) is 31.8 Å². The third-order valence-electron chi connectivity index (χ3n) is 6.23. The third-order valence-corrected chi connectivity index (χ3v) is 6.23. The SMILES string of the molecule is CN1CCN(C(=O)CCC2(Cc3ccco3)CCC(=O)N2)[C@@H](c2ccccc2)C1. The van der Waals surface area contributed by atoms with Crippen LogP contribution >= 0.6 is 0 Å². The fraction of sp³-hybridized carbons (Fsp3) is 0.478. The lowest BCUT2D eigenvalue weighted by molar-refractivity contribution is -0.136. The van der Waals surface area contributed by atoms with Crippen LogP contribution < -0.4 is 5.32 Å². The summed E-state index contributed by atoms with van der Waals surface area (Å²) in [5, 5.41) is 3.14. The smallest absolute Gasteiger partial charge is 0.223 e. The summed E-state index contributed by atoms with van der Waals surface area (Å²) in [6.45, 7) is 2.44. The Hall–Kier alpha value is -2.60. The van der Waals surface area contributed by atoms with Crippen LogP contribution in [0.5, 0.6) is 0 Å². The van der Waals surface area contributed by atoms with Gasteiger partial charge in [-0.2, -0.15) is 0 Å². The van der Waals surface area contributed by atoms with E-state index >= 15 is 0 Å². The molecular weight excluding hydrogens is 366 g/mol. The van der Waals surface area contributed by atoms with E-state index < -0.39 is 0 Å². The summed E-state index contributed by atoms with van der Waals surface area (Å²) in [6, 6.07) is 14.1. The number of amides is 2. The van der Waals surface area contributed by atoms with Crippen LogP contribution in [0.2, 0.25) is 0 Å². The number of rotatable bonds is 6. The van der Waals surface area contributed by atoms with E-state index in [0.29, 0.717) is 25.7 Å². The molecule has 0 radical (unpaired) electrons. The zero-order valence-electron chi connectivity index (χ0n) is 17.0. The van der Waals surface area contributed by atoms with Gasteiger partial charge in [0.2, 0.25) is 11.8 Å². The largest absolute Gasteiger partial charge is 0.469 e. The molecule has 0 spiro atoms. The van der Waals surface area contributed by atoms with E-state index in [1.54, 1.807) is 6.26 Å². The maximum absolute atomic E-state index is 13.2. The van der Waals surface area contributed by atoms with Gasteiger partial charge in [0.1, 0.15) is 5.76 Å². The predicted octanol–water partition coefficient (Wildman–Crippen LogP) is 2.77. The molecule has 0 aliphatic carbocycles. The van der Waals surface area contributed by atoms with Crippen LogP contribution in [0.4, 0.5) is 0 Å². The lowest BCUT2D eigenvalue weighted by Gasteiger charge is -2.41. The van der Waals surface area contributed by atoms with Crippen molar-refractivity contribution in [2.75, 3.05) is 26.7 Å². The van der Waals surface area contributed by atoms with Crippen molar-refractivity contribution in [3.05, 3.63) is 60.1 Å². The van der Waals surface area contributed by atoms with E-state index in [9.17, 15) is 9.59 Å². The molecule has 29 heavy (non-hydrogen) atoms. The minimum atomic E-state index is -0.389. The van der Waals surface area contributed by atoms with Gasteiger partial charge >= 0.3 is 0 Å². The Morgan fingerprint density at radius 2 is 2.03 bits per heavy atom. The highest BCUT2D eigenvalue weighted by atomic mass is 16.3. The molecule has 2 saturated heterocycles. The van der Waals surface area contributed by atoms with E-state index in [1.165, 1.54) is 5.56 Å². The molecule has 2 aromatic rings. The van der Waals surface area contributed by atoms with Crippen LogP contribution in [-0.2, 0) is 16.0 Å². The van der Waals surface area contributed by atoms with Gasteiger partial charge in [0.25, 0.3) is 0 Å². The van der Waals surface area contributed by atoms with E-state index in [4.69, 9.17) is 4.42 Å². The Balaban J connectivity index is 1.46. The molecule has 6 heteroatoms. The van der Waals surface area contributed by atoms with Crippen LogP contribution in [0.25, 0.3) is 0 Å². The van der Waals surface area contributed by atoms with Crippen molar-refractivity contribution in [1.29, 1.82) is 0 Å². The van der Waals surface area contributed by atoms with Gasteiger partial charge in [-0.05, 0) is 37.6 Å². The zero-order chi connectivity index (χ0) is 20.3. The topological polar surface area (TPSA) is 65.8 Å². The van der Waals surface area contributed by atoms with Gasteiger partial charge in [-0.3, -0.25) is 9.59 Å². The Labute approximate surface area is 171 Å². The van der Waals surface area contributed by atoms with Crippen molar-refractivity contribution in [3.63, 3.8) is 0 Å². The van der Waals surface area contributed by atoms with Crippen LogP contribution in [0, 0.1) is 0 Å². The number of hydrogen-bond acceptors (Lipinski definition) is 4. The number of nitrogens with one attached hydrogen (secondary N) is 1. The summed E-state index contributed by atoms with van der Waals surface area (Å²) in [5.41, 5.74) is 0.784. The van der Waals surface area contributed by atoms with Gasteiger partial charge in [-0.25, -0.2) is 0 Å². The lowest BCUT2D eigenvalue weighted by atomic mass is 9.86. The molecular formula is C23H29N3O3. The molecule has 1 aromatic heterocycles. The van der Waals surface area contributed by atoms with Crippen molar-refractivity contribution in [2.45, 2.75) is 43.7 Å². The Morgan fingerprint density at radius 3 is 2.72 bits per heavy atom. The van der Waals surface area contributed by atoms with Gasteiger partial charge < -0.3 is 19.5 Å². The number of carbonyl (C=O) groups excluding carboxylic acids is 2. The first-order chi connectivity index (χ1) is 14.0. The lowest BCUT2D eigenvalue weighted by Crippen LogP contribution is -2.50. The number of benzene rings is 1. The average Bonchev–Trinajstić information content (AvgIpc) is 3.37. The van der Waals surface area contributed by atoms with Crippen LogP contribution in [0.15, 0.2) is 53.1 Å². The molecule has 1 aromatic carbocycles. The summed E-state index contributed by atoms with van der Waals surface area (Å²) in [5.74, 6) is 1.07. The number of carbonyl (C=O) groups is 2. The monoisotopic (exact) mass is 395 g/mol. The fourth-order valence-corrected chi connectivity index (χ4v) is 4.60. The van der Waals surface area contributed by atoms with Gasteiger partial charge in [0.15, 0.2) is 0 Å². The first-order valence-electron chi connectivity index (χ1n) is 10.4. The zero-order valence-corrected chi connectivity index (χ0v) is 17.0. The minimum Gasteiger partial charge on any atom is -0.469 e. The quantitative estimate of drug-likeness (QED) is 0.817. The molecule has 2 atom stereocenters. The fourth-order valence-electron chi connectivity index (χ4n) is 4.60. The van der Waals surface area contributed by atoms with Crippen LogP contribution in [-0.4, -0.2) is 53.8 Å². The minimum absolute atomic E-state index is 0.0609. The highest BCUT2D eigenvalue weighted by molar-refractivity contribution is 5.80. The van der Waals surface area contributed by atoms with E-state index in [1.807, 2.05) is 35.2 Å². The standard InChI is InChI=1S/C23H29N3O3/c1-25-13-14-26(20(17-25)18-6-3-2-4-7-18)22(28)10-12-23(11-9-21(27)24-23)16-19-8-5-15-29-19/h2-8,15,20H,9-14,16-17H2,1H3,(H,24,27)/t20-,23?/m1/s1. The molecule has 2 fully saturated rings. The number of likely N-dealkylation sites (N-methyl/N-ethyl adjacent to an activating group) is 1. The molecule has 0 bridgehead atoms. The second kappa shape index (κ2) is 8.41. The molecule has 2 amide bonds. The maximum atomic E-state index is 13.2. The first kappa shape index (κ1) is 19.7. The number of nitrogens with zero attached hydrogens (tertiary/aromatic N) is 2. The summed E-state index contributed by atoms with van der Waals surface area (Å²) >= 11 is 0. The Kier molecular flexibility index (Phi) is 5.72. The van der Waals surface area contributed by atoms with Crippen molar-refractivity contribution in [2.24, 2.45) is 0 Å².